The van der Waals surface area contributed by atoms with E-state index in [-0.39, 0.29) is 23.8 Å². The van der Waals surface area contributed by atoms with Gasteiger partial charge in [0, 0.05) is 37.1 Å². The minimum absolute atomic E-state index is 0.0669. The minimum Gasteiger partial charge on any atom is -0.507 e. The summed E-state index contributed by atoms with van der Waals surface area (Å²) in [6, 6.07) is 7.12. The zero-order valence-corrected chi connectivity index (χ0v) is 16.7. The van der Waals surface area contributed by atoms with Gasteiger partial charge in [-0.25, -0.2) is 0 Å². The first-order chi connectivity index (χ1) is 13.4. The summed E-state index contributed by atoms with van der Waals surface area (Å²) in [5.41, 5.74) is 2.06. The molecule has 0 aliphatic carbocycles. The molecular formula is C20H23ClN4O3. The van der Waals surface area contributed by atoms with Gasteiger partial charge in [0.1, 0.15) is 5.75 Å². The van der Waals surface area contributed by atoms with Gasteiger partial charge in [0.2, 0.25) is 5.91 Å². The molecule has 148 valence electrons. The van der Waals surface area contributed by atoms with Crippen LogP contribution in [0.2, 0.25) is 5.02 Å². The number of halogens is 1. The number of aromatic hydroxyl groups is 1. The molecule has 0 radical (unpaired) electrons. The van der Waals surface area contributed by atoms with E-state index in [1.54, 1.807) is 13.0 Å². The predicted molar refractivity (Wildman–Crippen MR) is 107 cm³/mol. The lowest BCUT2D eigenvalue weighted by Crippen LogP contribution is -2.61. The van der Waals surface area contributed by atoms with Gasteiger partial charge in [-0.3, -0.25) is 4.79 Å². The van der Waals surface area contributed by atoms with Gasteiger partial charge in [-0.2, -0.15) is 0 Å². The number of amides is 1. The summed E-state index contributed by atoms with van der Waals surface area (Å²) in [4.78, 5) is 15.8. The number of carbonyl (C=O) groups is 1. The van der Waals surface area contributed by atoms with Crippen LogP contribution in [0.25, 0.3) is 11.3 Å². The Labute approximate surface area is 168 Å². The molecule has 3 heterocycles. The maximum absolute atomic E-state index is 11.8. The molecule has 1 N–H and O–H groups in total. The van der Waals surface area contributed by atoms with Gasteiger partial charge in [-0.05, 0) is 43.2 Å². The van der Waals surface area contributed by atoms with Crippen LogP contribution >= 0.6 is 11.6 Å². The number of phenolic OH excluding ortho intramolecular Hbond substituents is 1. The number of piperidine rings is 1. The third-order valence-electron chi connectivity index (χ3n) is 5.51. The van der Waals surface area contributed by atoms with E-state index >= 15 is 0 Å². The number of likely N-dealkylation sites (tertiary alicyclic amines) is 1. The molecule has 2 unspecified atom stereocenters. The molecule has 0 saturated carbocycles. The van der Waals surface area contributed by atoms with Crippen molar-refractivity contribution in [1.82, 2.24) is 15.1 Å². The molecule has 1 aromatic carbocycles. The number of morpholine rings is 1. The number of benzene rings is 1. The van der Waals surface area contributed by atoms with Crippen molar-refractivity contribution in [3.63, 3.8) is 0 Å². The van der Waals surface area contributed by atoms with Crippen LogP contribution < -0.4 is 4.90 Å². The Bertz CT molecular complexity index is 867. The SMILES string of the molecule is CC(=O)N1CCC2OCCN(c3ccc(-c4c(C)cc(Cl)cc4O)nn3)C2C1. The van der Waals surface area contributed by atoms with E-state index in [4.69, 9.17) is 16.3 Å². The van der Waals surface area contributed by atoms with Crippen LogP contribution in [0.5, 0.6) is 5.75 Å². The van der Waals surface area contributed by atoms with Gasteiger partial charge in [-0.15, -0.1) is 10.2 Å². The first kappa shape index (κ1) is 19.0. The normalized spacial score (nSPS) is 22.1. The second-order valence-corrected chi connectivity index (χ2v) is 7.75. The summed E-state index contributed by atoms with van der Waals surface area (Å²) in [6.45, 7) is 6.16. The highest BCUT2D eigenvalue weighted by Crippen LogP contribution is 2.34. The highest BCUT2D eigenvalue weighted by atomic mass is 35.5. The van der Waals surface area contributed by atoms with Gasteiger partial charge in [0.15, 0.2) is 5.82 Å². The van der Waals surface area contributed by atoms with Crippen LogP contribution in [0.1, 0.15) is 18.9 Å². The number of hydrogen-bond donors (Lipinski definition) is 1. The minimum atomic E-state index is 0.0669. The fourth-order valence-corrected chi connectivity index (χ4v) is 4.38. The molecule has 2 aliphatic heterocycles. The summed E-state index contributed by atoms with van der Waals surface area (Å²) >= 11 is 5.99. The second-order valence-electron chi connectivity index (χ2n) is 7.32. The van der Waals surface area contributed by atoms with Crippen molar-refractivity contribution in [2.75, 3.05) is 31.1 Å². The number of rotatable bonds is 2. The van der Waals surface area contributed by atoms with Crippen molar-refractivity contribution in [3.8, 4) is 17.0 Å². The second kappa shape index (κ2) is 7.56. The fraction of sp³-hybridized carbons (Fsp3) is 0.450. The van der Waals surface area contributed by atoms with E-state index in [9.17, 15) is 9.90 Å². The topological polar surface area (TPSA) is 78.8 Å². The maximum Gasteiger partial charge on any atom is 0.219 e. The van der Waals surface area contributed by atoms with Crippen LogP contribution in [0.3, 0.4) is 0 Å². The van der Waals surface area contributed by atoms with Crippen molar-refractivity contribution in [2.45, 2.75) is 32.4 Å². The Morgan fingerprint density at radius 1 is 1.29 bits per heavy atom. The lowest BCUT2D eigenvalue weighted by Gasteiger charge is -2.47. The number of nitrogens with zero attached hydrogens (tertiary/aromatic N) is 4. The summed E-state index contributed by atoms with van der Waals surface area (Å²) < 4.78 is 5.92. The standard InChI is InChI=1S/C20H23ClN4O3/c1-12-9-14(21)10-17(27)20(12)15-3-4-19(23-22-15)25-7-8-28-18-5-6-24(13(2)26)11-16(18)25/h3-4,9-10,16,18,27H,5-8,11H2,1-2H3. The molecule has 1 amide bonds. The highest BCUT2D eigenvalue weighted by molar-refractivity contribution is 6.31. The smallest absolute Gasteiger partial charge is 0.219 e. The molecule has 8 heteroatoms. The molecule has 2 saturated heterocycles. The Hall–Kier alpha value is -2.38. The van der Waals surface area contributed by atoms with Crippen molar-refractivity contribution in [2.24, 2.45) is 0 Å². The molecule has 7 nitrogen and oxygen atoms in total. The Morgan fingerprint density at radius 3 is 2.79 bits per heavy atom. The molecule has 2 aromatic rings. The average molecular weight is 403 g/mol. The quantitative estimate of drug-likeness (QED) is 0.831. The molecule has 0 bridgehead atoms. The molecule has 0 spiro atoms. The van der Waals surface area contributed by atoms with E-state index in [0.29, 0.717) is 36.0 Å². The van der Waals surface area contributed by atoms with Crippen LogP contribution in [0.15, 0.2) is 24.3 Å². The molecule has 2 atom stereocenters. The molecular weight excluding hydrogens is 380 g/mol. The number of fused-ring (bicyclic) bond motifs is 1. The molecule has 2 fully saturated rings. The monoisotopic (exact) mass is 402 g/mol. The third kappa shape index (κ3) is 3.52. The zero-order chi connectivity index (χ0) is 19.8. The zero-order valence-electron chi connectivity index (χ0n) is 15.9. The number of carbonyl (C=O) groups excluding carboxylic acids is 1. The predicted octanol–water partition coefficient (Wildman–Crippen LogP) is 2.64. The lowest BCUT2D eigenvalue weighted by atomic mass is 9.98. The van der Waals surface area contributed by atoms with Crippen LogP contribution in [0.4, 0.5) is 5.82 Å². The van der Waals surface area contributed by atoms with Crippen LogP contribution in [-0.4, -0.2) is 64.5 Å². The first-order valence-electron chi connectivity index (χ1n) is 9.41. The van der Waals surface area contributed by atoms with Crippen molar-refractivity contribution < 1.29 is 14.6 Å². The number of phenols is 1. The summed E-state index contributed by atoms with van der Waals surface area (Å²) in [6.07, 6.45) is 0.915. The largest absolute Gasteiger partial charge is 0.507 e. The Balaban J connectivity index is 1.60. The van der Waals surface area contributed by atoms with Crippen LogP contribution in [-0.2, 0) is 9.53 Å². The van der Waals surface area contributed by atoms with Gasteiger partial charge < -0.3 is 19.6 Å². The van der Waals surface area contributed by atoms with Crippen molar-refractivity contribution in [3.05, 3.63) is 34.9 Å². The lowest BCUT2D eigenvalue weighted by molar-refractivity contribution is -0.132. The van der Waals surface area contributed by atoms with Gasteiger partial charge in [-0.1, -0.05) is 11.6 Å². The number of ether oxygens (including phenoxy) is 1. The number of aromatic nitrogens is 2. The van der Waals surface area contributed by atoms with Gasteiger partial charge >= 0.3 is 0 Å². The Morgan fingerprint density at radius 2 is 2.11 bits per heavy atom. The summed E-state index contributed by atoms with van der Waals surface area (Å²) in [7, 11) is 0. The molecule has 1 aromatic heterocycles. The number of anilines is 1. The van der Waals surface area contributed by atoms with Crippen molar-refractivity contribution >= 4 is 23.3 Å². The summed E-state index contributed by atoms with van der Waals surface area (Å²) in [5, 5.41) is 19.5. The maximum atomic E-state index is 11.8. The van der Waals surface area contributed by atoms with Crippen molar-refractivity contribution in [1.29, 1.82) is 0 Å². The van der Waals surface area contributed by atoms with E-state index in [1.807, 2.05) is 24.0 Å². The average Bonchev–Trinajstić information content (AvgIpc) is 2.67. The van der Waals surface area contributed by atoms with E-state index < -0.39 is 0 Å². The summed E-state index contributed by atoms with van der Waals surface area (Å²) in [5.74, 6) is 0.917. The molecule has 28 heavy (non-hydrogen) atoms. The third-order valence-corrected chi connectivity index (χ3v) is 5.73. The Kier molecular flexibility index (Phi) is 5.12. The fourth-order valence-electron chi connectivity index (χ4n) is 4.11. The van der Waals surface area contributed by atoms with Gasteiger partial charge in [0.05, 0.1) is 24.4 Å². The van der Waals surface area contributed by atoms with E-state index in [2.05, 4.69) is 15.1 Å². The highest BCUT2D eigenvalue weighted by Gasteiger charge is 2.38. The molecule has 4 rings (SSSR count). The van der Waals surface area contributed by atoms with Crippen LogP contribution in [0, 0.1) is 6.92 Å². The first-order valence-corrected chi connectivity index (χ1v) is 9.79. The van der Waals surface area contributed by atoms with E-state index in [0.717, 1.165) is 24.3 Å². The number of aryl methyl sites for hydroxylation is 1. The molecule has 2 aliphatic rings. The number of hydrogen-bond acceptors (Lipinski definition) is 6. The van der Waals surface area contributed by atoms with E-state index in [1.165, 1.54) is 6.07 Å². The van der Waals surface area contributed by atoms with Gasteiger partial charge in [0.25, 0.3) is 0 Å².